The molecular weight excluding hydrogens is 843 g/mol. The van der Waals surface area contributed by atoms with Crippen LogP contribution in [-0.4, -0.2) is 24.1 Å². The fraction of sp³-hybridized carbons (Fsp3) is 0. The van der Waals surface area contributed by atoms with E-state index in [1.54, 1.807) is 0 Å². The first-order valence-electron chi connectivity index (χ1n) is 23.3. The summed E-state index contributed by atoms with van der Waals surface area (Å²) in [6.45, 7) is 0. The molecule has 0 spiro atoms. The van der Waals surface area contributed by atoms with E-state index in [1.165, 1.54) is 16.3 Å². The number of aromatic nitrogens is 5. The molecule has 0 saturated heterocycles. The van der Waals surface area contributed by atoms with Crippen molar-refractivity contribution in [1.82, 2.24) is 24.1 Å². The number of nitrogens with zero attached hydrogens (tertiary/aromatic N) is 5. The standard InChI is InChI=1S/C63H39N5O/c1-4-17-40(18-5-1)41-31-33-43(34-32-41)62-64-61(42-19-6-2-7-20-42)65-63(66-62)45-21-16-24-47(37-45)68-55-29-14-11-27-50(55)58-51(39-53-49-26-12-15-30-57(49)69-60(53)59(58)68)44-35-36-56-52(38-44)48-25-10-13-28-54(48)67(56)46-22-8-3-9-23-46/h1-39H. The van der Waals surface area contributed by atoms with E-state index in [2.05, 4.69) is 203 Å². The van der Waals surface area contributed by atoms with Gasteiger partial charge in [0.25, 0.3) is 0 Å². The highest BCUT2D eigenvalue weighted by Gasteiger charge is 2.24. The van der Waals surface area contributed by atoms with E-state index in [9.17, 15) is 0 Å². The largest absolute Gasteiger partial charge is 0.454 e. The Morgan fingerprint density at radius 2 is 0.812 bits per heavy atom. The van der Waals surface area contributed by atoms with E-state index in [4.69, 9.17) is 19.4 Å². The third-order valence-corrected chi connectivity index (χ3v) is 13.6. The normalized spacial score (nSPS) is 11.8. The minimum Gasteiger partial charge on any atom is -0.454 e. The molecule has 69 heavy (non-hydrogen) atoms. The number of hydrogen-bond acceptors (Lipinski definition) is 4. The molecule has 6 nitrogen and oxygen atoms in total. The van der Waals surface area contributed by atoms with Gasteiger partial charge in [0.1, 0.15) is 5.58 Å². The maximum absolute atomic E-state index is 6.95. The van der Waals surface area contributed by atoms with Gasteiger partial charge in [0, 0.05) is 60.4 Å². The maximum Gasteiger partial charge on any atom is 0.164 e. The first-order valence-corrected chi connectivity index (χ1v) is 23.3. The minimum absolute atomic E-state index is 0.589. The number of hydrogen-bond donors (Lipinski definition) is 0. The van der Waals surface area contributed by atoms with Crippen molar-refractivity contribution in [3.8, 4) is 67.8 Å². The van der Waals surface area contributed by atoms with Crippen LogP contribution in [0.25, 0.3) is 133 Å². The van der Waals surface area contributed by atoms with E-state index in [0.29, 0.717) is 17.5 Å². The topological polar surface area (TPSA) is 61.7 Å². The third kappa shape index (κ3) is 6.30. The molecule has 6 heteroatoms. The van der Waals surface area contributed by atoms with Crippen LogP contribution in [0.4, 0.5) is 0 Å². The van der Waals surface area contributed by atoms with Gasteiger partial charge in [0.2, 0.25) is 0 Å². The Labute approximate surface area is 396 Å². The molecule has 0 unspecified atom stereocenters. The predicted molar refractivity (Wildman–Crippen MR) is 283 cm³/mol. The minimum atomic E-state index is 0.589. The van der Waals surface area contributed by atoms with Gasteiger partial charge in [-0.25, -0.2) is 15.0 Å². The Morgan fingerprint density at radius 3 is 1.55 bits per heavy atom. The molecule has 14 aromatic rings. The molecule has 10 aromatic carbocycles. The molecule has 0 aliphatic heterocycles. The summed E-state index contributed by atoms with van der Waals surface area (Å²) in [5, 5.41) is 6.81. The van der Waals surface area contributed by atoms with Crippen molar-refractivity contribution >= 4 is 65.6 Å². The fourth-order valence-electron chi connectivity index (χ4n) is 10.4. The molecule has 0 amide bonds. The molecule has 0 atom stereocenters. The SMILES string of the molecule is c1ccc(-c2ccc(-c3nc(-c4ccccc4)nc(-c4cccc(-n5c6ccccc6c6c(-c7ccc8c(c7)c7ccccc7n8-c7ccccc7)cc7c8ccccc8oc7c65)c4)n3)cc2)cc1. The lowest BCUT2D eigenvalue weighted by molar-refractivity contribution is 0.671. The molecule has 322 valence electrons. The van der Waals surface area contributed by atoms with Gasteiger partial charge in [-0.05, 0) is 82.9 Å². The van der Waals surface area contributed by atoms with Crippen LogP contribution in [0.3, 0.4) is 0 Å². The number of para-hydroxylation sites is 4. The molecule has 0 fully saturated rings. The van der Waals surface area contributed by atoms with Gasteiger partial charge < -0.3 is 13.6 Å². The van der Waals surface area contributed by atoms with E-state index in [0.717, 1.165) is 99.6 Å². The van der Waals surface area contributed by atoms with Crippen LogP contribution in [0, 0.1) is 0 Å². The Hall–Kier alpha value is -9.39. The molecular formula is C63H39N5O. The molecule has 0 radical (unpaired) electrons. The van der Waals surface area contributed by atoms with E-state index >= 15 is 0 Å². The molecule has 0 saturated carbocycles. The number of fused-ring (bicyclic) bond motifs is 10. The Bertz CT molecular complexity index is 4280. The summed E-state index contributed by atoms with van der Waals surface area (Å²) in [6, 6.07) is 83.3. The second-order valence-corrected chi connectivity index (χ2v) is 17.6. The van der Waals surface area contributed by atoms with Crippen molar-refractivity contribution in [3.05, 3.63) is 237 Å². The van der Waals surface area contributed by atoms with Gasteiger partial charge in [-0.2, -0.15) is 0 Å². The smallest absolute Gasteiger partial charge is 0.164 e. The van der Waals surface area contributed by atoms with Crippen molar-refractivity contribution in [2.45, 2.75) is 0 Å². The highest BCUT2D eigenvalue weighted by Crippen LogP contribution is 2.47. The van der Waals surface area contributed by atoms with Gasteiger partial charge in [0.15, 0.2) is 23.1 Å². The van der Waals surface area contributed by atoms with Gasteiger partial charge in [-0.1, -0.05) is 176 Å². The van der Waals surface area contributed by atoms with Crippen LogP contribution in [0.5, 0.6) is 0 Å². The summed E-state index contributed by atoms with van der Waals surface area (Å²) < 4.78 is 11.7. The van der Waals surface area contributed by atoms with Crippen molar-refractivity contribution in [2.24, 2.45) is 0 Å². The van der Waals surface area contributed by atoms with E-state index < -0.39 is 0 Å². The van der Waals surface area contributed by atoms with Crippen LogP contribution in [0.2, 0.25) is 0 Å². The van der Waals surface area contributed by atoms with Crippen molar-refractivity contribution in [1.29, 1.82) is 0 Å². The molecule has 14 rings (SSSR count). The Balaban J connectivity index is 0.993. The summed E-state index contributed by atoms with van der Waals surface area (Å²) >= 11 is 0. The quantitative estimate of drug-likeness (QED) is 0.160. The highest BCUT2D eigenvalue weighted by atomic mass is 16.3. The van der Waals surface area contributed by atoms with Crippen LogP contribution in [0.1, 0.15) is 0 Å². The van der Waals surface area contributed by atoms with E-state index in [1.807, 2.05) is 42.5 Å². The maximum atomic E-state index is 6.95. The van der Waals surface area contributed by atoms with Gasteiger partial charge in [0.05, 0.1) is 22.1 Å². The highest BCUT2D eigenvalue weighted by molar-refractivity contribution is 6.27. The monoisotopic (exact) mass is 881 g/mol. The lowest BCUT2D eigenvalue weighted by atomic mass is 9.95. The molecule has 0 aliphatic rings. The van der Waals surface area contributed by atoms with E-state index in [-0.39, 0.29) is 0 Å². The van der Waals surface area contributed by atoms with Gasteiger partial charge in [-0.3, -0.25) is 0 Å². The number of rotatable bonds is 7. The molecule has 0 N–H and O–H groups in total. The lowest BCUT2D eigenvalue weighted by Gasteiger charge is -2.13. The summed E-state index contributed by atoms with van der Waals surface area (Å²) in [7, 11) is 0. The lowest BCUT2D eigenvalue weighted by Crippen LogP contribution is -2.01. The van der Waals surface area contributed by atoms with Crippen LogP contribution >= 0.6 is 0 Å². The first kappa shape index (κ1) is 38.8. The van der Waals surface area contributed by atoms with Crippen LogP contribution < -0.4 is 0 Å². The van der Waals surface area contributed by atoms with Crippen molar-refractivity contribution in [3.63, 3.8) is 0 Å². The summed E-state index contributed by atoms with van der Waals surface area (Å²) in [4.78, 5) is 15.4. The average Bonchev–Trinajstić information content (AvgIpc) is 4.09. The summed E-state index contributed by atoms with van der Waals surface area (Å²) in [6.07, 6.45) is 0. The predicted octanol–water partition coefficient (Wildman–Crippen LogP) is 16.3. The van der Waals surface area contributed by atoms with Crippen molar-refractivity contribution in [2.75, 3.05) is 0 Å². The number of furan rings is 1. The first-order chi connectivity index (χ1) is 34.2. The number of benzene rings is 10. The van der Waals surface area contributed by atoms with Crippen LogP contribution in [-0.2, 0) is 0 Å². The third-order valence-electron chi connectivity index (χ3n) is 13.6. The zero-order valence-corrected chi connectivity index (χ0v) is 37.2. The molecule has 4 heterocycles. The summed E-state index contributed by atoms with van der Waals surface area (Å²) in [5.41, 5.74) is 15.5. The Morgan fingerprint density at radius 1 is 0.304 bits per heavy atom. The zero-order chi connectivity index (χ0) is 45.4. The average molecular weight is 882 g/mol. The molecule has 4 aromatic heterocycles. The fourth-order valence-corrected chi connectivity index (χ4v) is 10.4. The zero-order valence-electron chi connectivity index (χ0n) is 37.2. The van der Waals surface area contributed by atoms with Gasteiger partial charge in [-0.15, -0.1) is 0 Å². The molecule has 0 aliphatic carbocycles. The Kier molecular flexibility index (Phi) is 8.79. The summed E-state index contributed by atoms with van der Waals surface area (Å²) in [5.74, 6) is 1.81. The second kappa shape index (κ2) is 15.6. The van der Waals surface area contributed by atoms with Crippen LogP contribution in [0.15, 0.2) is 241 Å². The van der Waals surface area contributed by atoms with Gasteiger partial charge >= 0.3 is 0 Å². The van der Waals surface area contributed by atoms with Crippen molar-refractivity contribution < 1.29 is 4.42 Å². The second-order valence-electron chi connectivity index (χ2n) is 17.6. The molecule has 0 bridgehead atoms.